The van der Waals surface area contributed by atoms with Crippen molar-refractivity contribution in [1.29, 1.82) is 0 Å². The average Bonchev–Trinajstić information content (AvgIpc) is 2.60. The van der Waals surface area contributed by atoms with Crippen molar-refractivity contribution in [1.82, 2.24) is 0 Å². The van der Waals surface area contributed by atoms with Gasteiger partial charge in [0.05, 0.1) is 12.7 Å². The molecular formula is C23H47O2. The van der Waals surface area contributed by atoms with E-state index in [1.807, 2.05) is 0 Å². The lowest BCUT2D eigenvalue weighted by Crippen LogP contribution is -2.11. The third-order valence-corrected chi connectivity index (χ3v) is 4.95. The van der Waals surface area contributed by atoms with Crippen LogP contribution in [0.2, 0.25) is 0 Å². The Balaban J connectivity index is 2.96. The number of ether oxygens (including phenoxy) is 1. The van der Waals surface area contributed by atoms with Crippen LogP contribution in [0.25, 0.3) is 0 Å². The molecule has 0 aromatic heterocycles. The predicted molar refractivity (Wildman–Crippen MR) is 111 cm³/mol. The van der Waals surface area contributed by atoms with Crippen LogP contribution >= 0.6 is 0 Å². The summed E-state index contributed by atoms with van der Waals surface area (Å²) >= 11 is 0. The van der Waals surface area contributed by atoms with E-state index < -0.39 is 6.10 Å². The van der Waals surface area contributed by atoms with Gasteiger partial charge in [0.1, 0.15) is 0 Å². The Hall–Kier alpha value is -0.0800. The van der Waals surface area contributed by atoms with Gasteiger partial charge in [-0.05, 0) is 13.3 Å². The third kappa shape index (κ3) is 23.9. The third-order valence-electron chi connectivity index (χ3n) is 4.95. The summed E-state index contributed by atoms with van der Waals surface area (Å²) in [6.07, 6.45) is 24.6. The van der Waals surface area contributed by atoms with E-state index in [9.17, 15) is 0 Å². The molecule has 0 bridgehead atoms. The first-order chi connectivity index (χ1) is 12.3. The second-order valence-electron chi connectivity index (χ2n) is 7.74. The molecule has 151 valence electrons. The normalized spacial score (nSPS) is 12.6. The van der Waals surface area contributed by atoms with Gasteiger partial charge in [-0.1, -0.05) is 116 Å². The minimum absolute atomic E-state index is 0.374. The smallest absolute Gasteiger partial charge is 0.0774 e. The van der Waals surface area contributed by atoms with Gasteiger partial charge in [0, 0.05) is 6.61 Å². The lowest BCUT2D eigenvalue weighted by molar-refractivity contribution is 0.0564. The molecule has 0 spiro atoms. The fourth-order valence-electron chi connectivity index (χ4n) is 3.33. The molecule has 0 heterocycles. The number of unbranched alkanes of at least 4 members (excludes halogenated alkanes) is 17. The minimum Gasteiger partial charge on any atom is -0.391 e. The molecule has 0 rings (SSSR count). The fraction of sp³-hybridized carbons (Fsp3) is 0.957. The van der Waals surface area contributed by atoms with Crippen LogP contribution in [-0.2, 0) is 4.74 Å². The van der Waals surface area contributed by atoms with E-state index >= 15 is 0 Å². The molecule has 25 heavy (non-hydrogen) atoms. The van der Waals surface area contributed by atoms with Crippen molar-refractivity contribution >= 4 is 0 Å². The van der Waals surface area contributed by atoms with Gasteiger partial charge in [-0.15, -0.1) is 0 Å². The van der Waals surface area contributed by atoms with Gasteiger partial charge in [0.15, 0.2) is 0 Å². The second kappa shape index (κ2) is 22.0. The van der Waals surface area contributed by atoms with E-state index in [1.54, 1.807) is 0 Å². The number of hydrogen-bond donors (Lipinski definition) is 1. The lowest BCUT2D eigenvalue weighted by Gasteiger charge is -2.06. The first-order valence-corrected chi connectivity index (χ1v) is 11.4. The highest BCUT2D eigenvalue weighted by molar-refractivity contribution is 4.54. The van der Waals surface area contributed by atoms with Crippen molar-refractivity contribution in [2.75, 3.05) is 13.2 Å². The van der Waals surface area contributed by atoms with Crippen molar-refractivity contribution in [3.05, 3.63) is 6.92 Å². The highest BCUT2D eigenvalue weighted by Crippen LogP contribution is 2.14. The second-order valence-corrected chi connectivity index (χ2v) is 7.74. The van der Waals surface area contributed by atoms with Gasteiger partial charge in [-0.25, -0.2) is 0 Å². The molecule has 0 saturated heterocycles. The van der Waals surface area contributed by atoms with Gasteiger partial charge in [-0.3, -0.25) is 0 Å². The van der Waals surface area contributed by atoms with E-state index in [0.29, 0.717) is 6.61 Å². The van der Waals surface area contributed by atoms with E-state index in [1.165, 1.54) is 109 Å². The van der Waals surface area contributed by atoms with E-state index in [-0.39, 0.29) is 0 Å². The van der Waals surface area contributed by atoms with Crippen LogP contribution in [0.1, 0.15) is 122 Å². The summed E-state index contributed by atoms with van der Waals surface area (Å²) in [4.78, 5) is 0. The highest BCUT2D eigenvalue weighted by atomic mass is 16.5. The molecule has 0 aromatic rings. The fourth-order valence-corrected chi connectivity index (χ4v) is 3.33. The van der Waals surface area contributed by atoms with Gasteiger partial charge in [-0.2, -0.15) is 0 Å². The van der Waals surface area contributed by atoms with E-state index in [0.717, 1.165) is 13.0 Å². The van der Waals surface area contributed by atoms with Crippen molar-refractivity contribution in [2.45, 2.75) is 129 Å². The van der Waals surface area contributed by atoms with Crippen LogP contribution in [0.5, 0.6) is 0 Å². The number of aliphatic hydroxyl groups is 1. The van der Waals surface area contributed by atoms with Crippen molar-refractivity contribution in [2.24, 2.45) is 0 Å². The maximum Gasteiger partial charge on any atom is 0.0774 e. The molecule has 0 aliphatic carbocycles. The number of aliphatic hydroxyl groups excluding tert-OH is 1. The van der Waals surface area contributed by atoms with Crippen LogP contribution in [0.3, 0.4) is 0 Å². The van der Waals surface area contributed by atoms with Crippen LogP contribution < -0.4 is 0 Å². The molecule has 1 N–H and O–H groups in total. The summed E-state index contributed by atoms with van der Waals surface area (Å²) in [6.45, 7) is 6.92. The predicted octanol–water partition coefficient (Wildman–Crippen LogP) is 7.24. The Morgan fingerprint density at radius 1 is 0.600 bits per heavy atom. The monoisotopic (exact) mass is 355 g/mol. The summed E-state index contributed by atoms with van der Waals surface area (Å²) in [5.41, 5.74) is 0. The maximum absolute atomic E-state index is 8.97. The summed E-state index contributed by atoms with van der Waals surface area (Å²) in [5.74, 6) is 0. The molecule has 1 atom stereocenters. The molecule has 1 unspecified atom stereocenters. The molecule has 2 nitrogen and oxygen atoms in total. The van der Waals surface area contributed by atoms with Crippen LogP contribution in [-0.4, -0.2) is 24.4 Å². The Morgan fingerprint density at radius 3 is 1.24 bits per heavy atom. The molecule has 2 heteroatoms. The highest BCUT2D eigenvalue weighted by Gasteiger charge is 1.96. The van der Waals surface area contributed by atoms with Gasteiger partial charge >= 0.3 is 0 Å². The topological polar surface area (TPSA) is 29.5 Å². The summed E-state index contributed by atoms with van der Waals surface area (Å²) < 4.78 is 5.31. The van der Waals surface area contributed by atoms with Crippen LogP contribution in [0.15, 0.2) is 0 Å². The first kappa shape index (κ1) is 24.9. The van der Waals surface area contributed by atoms with Crippen molar-refractivity contribution < 1.29 is 9.84 Å². The Labute approximate surface area is 159 Å². The molecule has 0 fully saturated rings. The largest absolute Gasteiger partial charge is 0.391 e. The average molecular weight is 356 g/mol. The molecule has 0 saturated carbocycles. The minimum atomic E-state index is -0.574. The summed E-state index contributed by atoms with van der Waals surface area (Å²) in [7, 11) is 0. The van der Waals surface area contributed by atoms with E-state index in [2.05, 4.69) is 13.8 Å². The SMILES string of the molecule is [CH2]C(O)COCCCCCCCCCCCCCCCCCCCC. The molecular weight excluding hydrogens is 308 g/mol. The Morgan fingerprint density at radius 2 is 0.920 bits per heavy atom. The standard InChI is InChI=1S/C23H47O2/c1-3-4-5-6-7-8-9-10-11-12-13-14-15-16-17-18-19-20-21-25-22-23(2)24/h23-24H,2-22H2,1H3. The number of rotatable bonds is 21. The first-order valence-electron chi connectivity index (χ1n) is 11.4. The summed E-state index contributed by atoms with van der Waals surface area (Å²) in [5, 5.41) is 8.97. The summed E-state index contributed by atoms with van der Waals surface area (Å²) in [6, 6.07) is 0. The molecule has 0 aliphatic rings. The lowest BCUT2D eigenvalue weighted by atomic mass is 10.0. The van der Waals surface area contributed by atoms with Crippen molar-refractivity contribution in [3.63, 3.8) is 0 Å². The van der Waals surface area contributed by atoms with Gasteiger partial charge < -0.3 is 9.84 Å². The van der Waals surface area contributed by atoms with Crippen LogP contribution in [0, 0.1) is 6.92 Å². The Kier molecular flexibility index (Phi) is 21.9. The number of hydrogen-bond acceptors (Lipinski definition) is 2. The zero-order valence-corrected chi connectivity index (χ0v) is 17.3. The zero-order valence-electron chi connectivity index (χ0n) is 17.3. The zero-order chi connectivity index (χ0) is 18.4. The maximum atomic E-state index is 8.97. The molecule has 0 aromatic carbocycles. The van der Waals surface area contributed by atoms with Crippen LogP contribution in [0.4, 0.5) is 0 Å². The molecule has 1 radical (unpaired) electrons. The molecule has 0 amide bonds. The van der Waals surface area contributed by atoms with E-state index in [4.69, 9.17) is 9.84 Å². The van der Waals surface area contributed by atoms with Gasteiger partial charge in [0.2, 0.25) is 0 Å². The van der Waals surface area contributed by atoms with Crippen molar-refractivity contribution in [3.8, 4) is 0 Å². The quantitative estimate of drug-likeness (QED) is 0.220. The molecule has 0 aliphatic heterocycles. The Bertz CT molecular complexity index is 228. The van der Waals surface area contributed by atoms with Gasteiger partial charge in [0.25, 0.3) is 0 Å².